The van der Waals surface area contributed by atoms with E-state index in [0.717, 1.165) is 13.0 Å². The summed E-state index contributed by atoms with van der Waals surface area (Å²) in [6, 6.07) is 7.72. The number of benzene rings is 2. The molecule has 2 atom stereocenters. The first-order valence-electron chi connectivity index (χ1n) is 13.9. The molecular weight excluding hydrogens is 581 g/mol. The van der Waals surface area contributed by atoms with Crippen molar-refractivity contribution in [2.75, 3.05) is 46.7 Å². The number of nitrogens with one attached hydrogen (secondary N) is 2. The number of hydrogen-bond acceptors (Lipinski definition) is 9. The lowest BCUT2D eigenvalue weighted by Crippen LogP contribution is -2.53. The Bertz CT molecular complexity index is 1580. The summed E-state index contributed by atoms with van der Waals surface area (Å²) in [6.45, 7) is 3.54. The number of carbonyl (C=O) groups excluding carboxylic acids is 2. The minimum atomic E-state index is -4.83. The number of fused-ring (bicyclic) bond motifs is 1. The predicted octanol–water partition coefficient (Wildman–Crippen LogP) is 4.38. The van der Waals surface area contributed by atoms with Gasteiger partial charge in [-0.3, -0.25) is 9.59 Å². The zero-order valence-electron chi connectivity index (χ0n) is 24.9. The van der Waals surface area contributed by atoms with Crippen molar-refractivity contribution in [3.05, 3.63) is 64.3 Å². The number of likely N-dealkylation sites (N-methyl/N-ethyl adjacent to an activating group) is 1. The van der Waals surface area contributed by atoms with Crippen molar-refractivity contribution in [2.24, 2.45) is 0 Å². The molecule has 0 spiro atoms. The van der Waals surface area contributed by atoms with E-state index in [4.69, 9.17) is 14.2 Å². The number of ether oxygens (including phenoxy) is 3. The van der Waals surface area contributed by atoms with Gasteiger partial charge in [0.2, 0.25) is 11.8 Å². The summed E-state index contributed by atoms with van der Waals surface area (Å²) in [5, 5.41) is 5.93. The topological polar surface area (TPSA) is 118 Å². The number of halogens is 3. The number of carbonyl (C=O) groups is 2. The number of nitrogens with zero attached hydrogens (tertiary/aromatic N) is 4. The molecule has 2 N–H and O–H groups in total. The SMILES string of the molecule is COc1cc(C(=O)N[C@@H]2CCN(C)CC2OC)c(C)cc1Nc1ncc(C(F)(F)F)c(Oc2cccc3c2C(=O)N(C)C3)n1. The van der Waals surface area contributed by atoms with E-state index in [1.165, 1.54) is 18.1 Å². The zero-order chi connectivity index (χ0) is 31.8. The summed E-state index contributed by atoms with van der Waals surface area (Å²) in [5.74, 6) is -1.46. The van der Waals surface area contributed by atoms with E-state index in [1.54, 1.807) is 45.3 Å². The van der Waals surface area contributed by atoms with Crippen molar-refractivity contribution in [2.45, 2.75) is 38.2 Å². The largest absolute Gasteiger partial charge is 0.495 e. The van der Waals surface area contributed by atoms with Gasteiger partial charge >= 0.3 is 6.18 Å². The minimum absolute atomic E-state index is 0.0453. The first kappa shape index (κ1) is 31.0. The number of likely N-dealkylation sites (tertiary alicyclic amines) is 1. The van der Waals surface area contributed by atoms with Gasteiger partial charge in [0, 0.05) is 39.0 Å². The summed E-state index contributed by atoms with van der Waals surface area (Å²) < 4.78 is 58.5. The Morgan fingerprint density at radius 3 is 2.61 bits per heavy atom. The van der Waals surface area contributed by atoms with Gasteiger partial charge in [-0.25, -0.2) is 4.98 Å². The number of methoxy groups -OCH3 is 2. The molecule has 234 valence electrons. The summed E-state index contributed by atoms with van der Waals surface area (Å²) in [5.41, 5.74) is 0.870. The van der Waals surface area contributed by atoms with E-state index >= 15 is 0 Å². The molecule has 2 amide bonds. The van der Waals surface area contributed by atoms with Gasteiger partial charge in [0.15, 0.2) is 0 Å². The van der Waals surface area contributed by atoms with Crippen molar-refractivity contribution < 1.29 is 37.0 Å². The lowest BCUT2D eigenvalue weighted by Gasteiger charge is -2.36. The molecule has 0 aliphatic carbocycles. The van der Waals surface area contributed by atoms with Crippen LogP contribution in [0.1, 0.15) is 43.8 Å². The Balaban J connectivity index is 1.42. The number of rotatable bonds is 8. The van der Waals surface area contributed by atoms with Gasteiger partial charge in [0.1, 0.15) is 17.1 Å². The third-order valence-corrected chi connectivity index (χ3v) is 7.77. The predicted molar refractivity (Wildman–Crippen MR) is 155 cm³/mol. The van der Waals surface area contributed by atoms with Crippen LogP contribution in [-0.4, -0.2) is 85.1 Å². The fourth-order valence-electron chi connectivity index (χ4n) is 5.40. The second-order valence-corrected chi connectivity index (χ2v) is 10.9. The van der Waals surface area contributed by atoms with E-state index in [9.17, 15) is 22.8 Å². The quantitative estimate of drug-likeness (QED) is 0.381. The molecule has 5 rings (SSSR count). The minimum Gasteiger partial charge on any atom is -0.495 e. The van der Waals surface area contributed by atoms with Gasteiger partial charge in [0.25, 0.3) is 11.8 Å². The monoisotopic (exact) mass is 614 g/mol. The Kier molecular flexibility index (Phi) is 8.66. The lowest BCUT2D eigenvalue weighted by molar-refractivity contribution is -0.139. The molecule has 11 nitrogen and oxygen atoms in total. The highest BCUT2D eigenvalue weighted by molar-refractivity contribution is 6.01. The van der Waals surface area contributed by atoms with Gasteiger partial charge in [-0.05, 0) is 56.3 Å². The zero-order valence-corrected chi connectivity index (χ0v) is 24.9. The highest BCUT2D eigenvalue weighted by Gasteiger charge is 2.38. The van der Waals surface area contributed by atoms with E-state index in [0.29, 0.717) is 41.7 Å². The van der Waals surface area contributed by atoms with Crippen LogP contribution in [0, 0.1) is 6.92 Å². The van der Waals surface area contributed by atoms with E-state index in [2.05, 4.69) is 25.5 Å². The standard InChI is InChI=1S/C30H33F3N6O5/c1-16-11-21(23(42-4)12-18(16)26(40)35-20-9-10-38(2)15-24(20)43-5)36-29-34-13-19(30(31,32)33)27(37-29)44-22-8-6-7-17-14-39(3)28(41)25(17)22/h6-8,11-13,20,24H,9-10,14-15H2,1-5H3,(H,35,40)(H,34,36,37)/t20-,24?/m1/s1. The Hall–Kier alpha value is -4.43. The molecule has 14 heteroatoms. The van der Waals surface area contributed by atoms with Crippen LogP contribution in [0.4, 0.5) is 24.8 Å². The van der Waals surface area contributed by atoms with Crippen LogP contribution in [0.25, 0.3) is 0 Å². The van der Waals surface area contributed by atoms with Crippen LogP contribution >= 0.6 is 0 Å². The van der Waals surface area contributed by atoms with Crippen molar-refractivity contribution in [3.8, 4) is 17.4 Å². The second kappa shape index (κ2) is 12.3. The molecule has 1 unspecified atom stereocenters. The number of hydrogen-bond donors (Lipinski definition) is 2. The second-order valence-electron chi connectivity index (χ2n) is 10.9. The van der Waals surface area contributed by atoms with Crippen LogP contribution in [0.2, 0.25) is 0 Å². The maximum atomic E-state index is 13.9. The van der Waals surface area contributed by atoms with Crippen molar-refractivity contribution >= 4 is 23.5 Å². The first-order chi connectivity index (χ1) is 20.9. The molecule has 0 saturated carbocycles. The van der Waals surface area contributed by atoms with Gasteiger partial charge in [-0.2, -0.15) is 18.2 Å². The summed E-state index contributed by atoms with van der Waals surface area (Å²) in [4.78, 5) is 37.4. The number of piperidine rings is 1. The summed E-state index contributed by atoms with van der Waals surface area (Å²) in [6.07, 6.45) is -3.66. The molecule has 44 heavy (non-hydrogen) atoms. The molecule has 2 aromatic carbocycles. The van der Waals surface area contributed by atoms with Crippen LogP contribution in [0.5, 0.6) is 17.4 Å². The summed E-state index contributed by atoms with van der Waals surface area (Å²) >= 11 is 0. The number of aryl methyl sites for hydroxylation is 1. The Morgan fingerprint density at radius 1 is 1.14 bits per heavy atom. The Labute approximate surface area is 252 Å². The average molecular weight is 615 g/mol. The average Bonchev–Trinajstić information content (AvgIpc) is 3.27. The highest BCUT2D eigenvalue weighted by Crippen LogP contribution is 2.40. The fourth-order valence-corrected chi connectivity index (χ4v) is 5.40. The highest BCUT2D eigenvalue weighted by atomic mass is 19.4. The third kappa shape index (κ3) is 6.26. The number of aromatic nitrogens is 2. The van der Waals surface area contributed by atoms with Crippen molar-refractivity contribution in [3.63, 3.8) is 0 Å². The van der Waals surface area contributed by atoms with Crippen molar-refractivity contribution in [1.29, 1.82) is 0 Å². The third-order valence-electron chi connectivity index (χ3n) is 7.77. The molecule has 0 radical (unpaired) electrons. The molecule has 2 aliphatic rings. The summed E-state index contributed by atoms with van der Waals surface area (Å²) in [7, 11) is 6.60. The van der Waals surface area contributed by atoms with E-state index in [-0.39, 0.29) is 47.0 Å². The fraction of sp³-hybridized carbons (Fsp3) is 0.400. The number of anilines is 2. The molecule has 2 aliphatic heterocycles. The maximum Gasteiger partial charge on any atom is 0.423 e. The maximum absolute atomic E-state index is 13.9. The lowest BCUT2D eigenvalue weighted by atomic mass is 10.0. The van der Waals surface area contributed by atoms with Crippen LogP contribution < -0.4 is 20.1 Å². The van der Waals surface area contributed by atoms with Gasteiger partial charge in [0.05, 0.1) is 30.5 Å². The van der Waals surface area contributed by atoms with Crippen molar-refractivity contribution in [1.82, 2.24) is 25.1 Å². The number of alkyl halides is 3. The van der Waals surface area contributed by atoms with Crippen LogP contribution in [0.3, 0.4) is 0 Å². The number of amides is 2. The van der Waals surface area contributed by atoms with Crippen LogP contribution in [0.15, 0.2) is 36.5 Å². The molecule has 1 saturated heterocycles. The first-order valence-corrected chi connectivity index (χ1v) is 13.9. The molecule has 1 fully saturated rings. The van der Waals surface area contributed by atoms with E-state index < -0.39 is 17.6 Å². The molecular formula is C30H33F3N6O5. The smallest absolute Gasteiger partial charge is 0.423 e. The van der Waals surface area contributed by atoms with Gasteiger partial charge in [-0.15, -0.1) is 0 Å². The van der Waals surface area contributed by atoms with Gasteiger partial charge in [-0.1, -0.05) is 12.1 Å². The molecule has 0 bridgehead atoms. The molecule has 3 heterocycles. The van der Waals surface area contributed by atoms with Crippen LogP contribution in [-0.2, 0) is 17.5 Å². The molecule has 3 aromatic rings. The Morgan fingerprint density at radius 2 is 1.91 bits per heavy atom. The van der Waals surface area contributed by atoms with Gasteiger partial charge < -0.3 is 34.6 Å². The van der Waals surface area contributed by atoms with E-state index in [1.807, 2.05) is 7.05 Å². The normalized spacial score (nSPS) is 18.6. The molecule has 1 aromatic heterocycles.